The molecule has 3 aliphatic rings. The number of cyclic esters (lactones) is 1. The van der Waals surface area contributed by atoms with Gasteiger partial charge in [0.25, 0.3) is 0 Å². The van der Waals surface area contributed by atoms with E-state index in [-0.39, 0.29) is 29.8 Å². The van der Waals surface area contributed by atoms with Crippen molar-refractivity contribution in [1.29, 1.82) is 0 Å². The number of Topliss-reactive ketones (excluding diaryl/α,β-unsaturated/α-hetero) is 1. The largest absolute Gasteiger partial charge is 0.458 e. The molecule has 4 rings (SSSR count). The Hall–Kier alpha value is -1.74. The number of nitrogens with zero attached hydrogens (tertiary/aromatic N) is 1. The summed E-state index contributed by atoms with van der Waals surface area (Å²) in [6.07, 6.45) is 6.27. The molecule has 198 valence electrons. The number of carbonyl (C=O) groups excluding carboxylic acids is 2. The van der Waals surface area contributed by atoms with Gasteiger partial charge in [0.1, 0.15) is 11.9 Å². The van der Waals surface area contributed by atoms with Gasteiger partial charge in [-0.1, -0.05) is 20.3 Å². The Bertz CT molecular complexity index is 1010. The predicted octanol–water partition coefficient (Wildman–Crippen LogP) is 4.19. The number of ether oxygens (including phenoxy) is 2. The van der Waals surface area contributed by atoms with E-state index >= 15 is 0 Å². The number of thioether (sulfide) groups is 1. The van der Waals surface area contributed by atoms with E-state index in [1.807, 2.05) is 37.6 Å². The number of epoxide rings is 1. The molecule has 8 atom stereocenters. The van der Waals surface area contributed by atoms with Crippen molar-refractivity contribution < 1.29 is 29.3 Å². The molecule has 0 unspecified atom stereocenters. The average molecular weight is 518 g/mol. The lowest BCUT2D eigenvalue weighted by atomic mass is 9.60. The van der Waals surface area contributed by atoms with Gasteiger partial charge < -0.3 is 19.7 Å². The summed E-state index contributed by atoms with van der Waals surface area (Å²) in [5.41, 5.74) is 0.235. The molecule has 0 radical (unpaired) electrons. The molecule has 0 amide bonds. The fourth-order valence-corrected chi connectivity index (χ4v) is 6.34. The maximum absolute atomic E-state index is 13.1. The third-order valence-corrected chi connectivity index (χ3v) is 9.33. The maximum atomic E-state index is 13.1. The Morgan fingerprint density at radius 1 is 1.25 bits per heavy atom. The van der Waals surface area contributed by atoms with Crippen LogP contribution in [0.2, 0.25) is 0 Å². The summed E-state index contributed by atoms with van der Waals surface area (Å²) in [5, 5.41) is 21.9. The zero-order valence-electron chi connectivity index (χ0n) is 21.9. The molecule has 1 aromatic rings. The summed E-state index contributed by atoms with van der Waals surface area (Å²) in [4.78, 5) is 31.7. The highest BCUT2D eigenvalue weighted by atomic mass is 32.2. The van der Waals surface area contributed by atoms with Crippen LogP contribution in [0, 0.1) is 17.3 Å². The molecule has 7 nitrogen and oxygen atoms in total. The van der Waals surface area contributed by atoms with Crippen LogP contribution in [0.5, 0.6) is 0 Å². The van der Waals surface area contributed by atoms with Gasteiger partial charge in [-0.3, -0.25) is 14.6 Å². The Labute approximate surface area is 218 Å². The fourth-order valence-electron chi connectivity index (χ4n) is 5.98. The number of carbonyl (C=O) groups is 2. The number of fused-ring (bicyclic) bond motifs is 3. The molecule has 1 saturated carbocycles. The molecule has 1 aromatic heterocycles. The number of aliphatic hydroxyl groups is 2. The van der Waals surface area contributed by atoms with Crippen molar-refractivity contribution in [3.63, 3.8) is 0 Å². The molecule has 1 aliphatic carbocycles. The van der Waals surface area contributed by atoms with Crippen LogP contribution in [0.25, 0.3) is 6.08 Å². The first-order chi connectivity index (χ1) is 17.0. The average Bonchev–Trinajstić information content (AvgIpc) is 3.48. The molecule has 2 N–H and O–H groups in total. The summed E-state index contributed by atoms with van der Waals surface area (Å²) >= 11 is 1.62. The second-order valence-corrected chi connectivity index (χ2v) is 12.2. The van der Waals surface area contributed by atoms with E-state index in [0.717, 1.165) is 35.4 Å². The summed E-state index contributed by atoms with van der Waals surface area (Å²) in [5.74, 6) is -1.44. The predicted molar refractivity (Wildman–Crippen MR) is 138 cm³/mol. The number of esters is 1. The first-order valence-electron chi connectivity index (χ1n) is 12.9. The highest BCUT2D eigenvalue weighted by Crippen LogP contribution is 2.48. The molecule has 0 spiro atoms. The minimum absolute atomic E-state index is 0.0413. The number of pyridine rings is 1. The number of hydrogen-bond acceptors (Lipinski definition) is 8. The van der Waals surface area contributed by atoms with Crippen LogP contribution in [0.1, 0.15) is 71.9 Å². The van der Waals surface area contributed by atoms with Crippen molar-refractivity contribution in [3.05, 3.63) is 29.6 Å². The summed E-state index contributed by atoms with van der Waals surface area (Å²) < 4.78 is 12.0. The van der Waals surface area contributed by atoms with E-state index in [9.17, 15) is 19.8 Å². The first kappa shape index (κ1) is 27.3. The topological polar surface area (TPSA) is 109 Å². The van der Waals surface area contributed by atoms with Crippen molar-refractivity contribution in [1.82, 2.24) is 4.98 Å². The van der Waals surface area contributed by atoms with Gasteiger partial charge >= 0.3 is 5.97 Å². The number of rotatable bonds is 3. The lowest BCUT2D eigenvalue weighted by Gasteiger charge is -2.45. The van der Waals surface area contributed by atoms with Gasteiger partial charge in [0.2, 0.25) is 0 Å². The first-order valence-corrected chi connectivity index (χ1v) is 14.2. The molecule has 36 heavy (non-hydrogen) atoms. The molecule has 2 saturated heterocycles. The standard InChI is InChI=1S/C28H39NO6S/c1-16(11-19-8-9-20(36-5)15-29-19)21-12-23-28(4,35-23)10-6-7-18-14-27(3,22(30)13-24(31)34-21)26(33)17(2)25(18)32/h8-9,11,15,17-18,21-23,25,30,32H,6-7,10,12-14H2,1-5H3/b16-11+/t17-,18-,21+,22+,23+,25-,27-,28-/m1/s1. The van der Waals surface area contributed by atoms with Gasteiger partial charge in [0.05, 0.1) is 41.4 Å². The van der Waals surface area contributed by atoms with Crippen molar-refractivity contribution in [3.8, 4) is 0 Å². The smallest absolute Gasteiger partial charge is 0.309 e. The minimum Gasteiger partial charge on any atom is -0.458 e. The van der Waals surface area contributed by atoms with Gasteiger partial charge in [-0.2, -0.15) is 0 Å². The fraction of sp³-hybridized carbons (Fsp3) is 0.679. The molecule has 3 heterocycles. The third-order valence-electron chi connectivity index (χ3n) is 8.62. The number of aromatic nitrogens is 1. The van der Waals surface area contributed by atoms with E-state index in [1.165, 1.54) is 0 Å². The van der Waals surface area contributed by atoms with Gasteiger partial charge in [0, 0.05) is 23.4 Å². The molecule has 2 aliphatic heterocycles. The minimum atomic E-state index is -1.17. The van der Waals surface area contributed by atoms with Crippen molar-refractivity contribution in [2.45, 2.75) is 101 Å². The van der Waals surface area contributed by atoms with Gasteiger partial charge in [-0.05, 0) is 69.1 Å². The van der Waals surface area contributed by atoms with E-state index in [4.69, 9.17) is 9.47 Å². The highest BCUT2D eigenvalue weighted by Gasteiger charge is 2.55. The van der Waals surface area contributed by atoms with E-state index in [0.29, 0.717) is 12.8 Å². The summed E-state index contributed by atoms with van der Waals surface area (Å²) in [6.45, 7) is 7.45. The summed E-state index contributed by atoms with van der Waals surface area (Å²) in [7, 11) is 0. The monoisotopic (exact) mass is 517 g/mol. The quantitative estimate of drug-likeness (QED) is 0.349. The number of aliphatic hydroxyl groups excluding tert-OH is 2. The van der Waals surface area contributed by atoms with Crippen molar-refractivity contribution in [2.24, 2.45) is 17.3 Å². The molecular weight excluding hydrogens is 478 g/mol. The van der Waals surface area contributed by atoms with Crippen LogP contribution in [-0.4, -0.2) is 63.2 Å². The molecular formula is C28H39NO6S. The maximum Gasteiger partial charge on any atom is 0.309 e. The van der Waals surface area contributed by atoms with Crippen molar-refractivity contribution >= 4 is 29.6 Å². The van der Waals surface area contributed by atoms with Crippen LogP contribution in [0.15, 0.2) is 28.8 Å². The molecule has 2 bridgehead atoms. The van der Waals surface area contributed by atoms with Gasteiger partial charge in [0.15, 0.2) is 0 Å². The van der Waals surface area contributed by atoms with E-state index in [2.05, 4.69) is 11.9 Å². The van der Waals surface area contributed by atoms with Crippen LogP contribution in [0.3, 0.4) is 0 Å². The van der Waals surface area contributed by atoms with E-state index < -0.39 is 35.6 Å². The van der Waals surface area contributed by atoms with Gasteiger partial charge in [-0.25, -0.2) is 0 Å². The zero-order chi connectivity index (χ0) is 26.3. The normalized spacial score (nSPS) is 40.1. The Morgan fingerprint density at radius 3 is 2.67 bits per heavy atom. The molecule has 3 fully saturated rings. The molecule has 8 heteroatoms. The highest BCUT2D eigenvalue weighted by molar-refractivity contribution is 7.98. The Morgan fingerprint density at radius 2 is 2.00 bits per heavy atom. The van der Waals surface area contributed by atoms with Crippen LogP contribution in [-0.2, 0) is 19.1 Å². The second-order valence-electron chi connectivity index (χ2n) is 11.3. The van der Waals surface area contributed by atoms with Gasteiger partial charge in [-0.15, -0.1) is 11.8 Å². The summed E-state index contributed by atoms with van der Waals surface area (Å²) in [6, 6.07) is 3.93. The second kappa shape index (κ2) is 10.6. The van der Waals surface area contributed by atoms with Crippen LogP contribution in [0.4, 0.5) is 0 Å². The Balaban J connectivity index is 1.58. The van der Waals surface area contributed by atoms with Crippen LogP contribution < -0.4 is 0 Å². The number of hydrogen-bond donors (Lipinski definition) is 2. The number of ketones is 1. The Kier molecular flexibility index (Phi) is 8.01. The molecule has 0 aromatic carbocycles. The lowest BCUT2D eigenvalue weighted by Crippen LogP contribution is -2.54. The zero-order valence-corrected chi connectivity index (χ0v) is 22.7. The van der Waals surface area contributed by atoms with Crippen molar-refractivity contribution in [2.75, 3.05) is 6.26 Å². The van der Waals surface area contributed by atoms with E-state index in [1.54, 1.807) is 25.6 Å². The SMILES string of the molecule is CSc1ccc(/C=C(\C)[C@@H]2C[C@@H]3O[C@]3(C)CCC[C@@H]3C[C@@](C)(C(=O)[C@H](C)[C@H]3O)[C@@H](O)CC(=O)O2)nc1. The van der Waals surface area contributed by atoms with Crippen LogP contribution >= 0.6 is 11.8 Å². The lowest BCUT2D eigenvalue weighted by molar-refractivity contribution is -0.161. The third kappa shape index (κ3) is 5.57.